The van der Waals surface area contributed by atoms with E-state index in [4.69, 9.17) is 0 Å². The van der Waals surface area contributed by atoms with E-state index in [-0.39, 0.29) is 11.3 Å². The van der Waals surface area contributed by atoms with Crippen LogP contribution in [0.5, 0.6) is 0 Å². The summed E-state index contributed by atoms with van der Waals surface area (Å²) in [6.45, 7) is 4.66. The molecule has 2 N–H and O–H groups in total. The molecule has 0 atom stereocenters. The molecule has 1 amide bonds. The summed E-state index contributed by atoms with van der Waals surface area (Å²) in [5.74, 6) is 0.123. The lowest BCUT2D eigenvalue weighted by Gasteiger charge is -2.31. The van der Waals surface area contributed by atoms with Crippen LogP contribution in [0.4, 0.5) is 0 Å². The Morgan fingerprint density at radius 3 is 2.79 bits per heavy atom. The predicted octanol–water partition coefficient (Wildman–Crippen LogP) is 2.48. The molecule has 1 fully saturated rings. The fourth-order valence-corrected chi connectivity index (χ4v) is 2.65. The van der Waals surface area contributed by atoms with Crippen molar-refractivity contribution in [2.45, 2.75) is 52.5 Å². The highest BCUT2D eigenvalue weighted by Gasteiger charge is 2.34. The van der Waals surface area contributed by atoms with Gasteiger partial charge >= 0.3 is 0 Å². The van der Waals surface area contributed by atoms with Gasteiger partial charge < -0.3 is 0 Å². The molecule has 1 aliphatic rings. The molecule has 1 aliphatic carbocycles. The quantitative estimate of drug-likeness (QED) is 0.819. The molecule has 104 valence electrons. The van der Waals surface area contributed by atoms with Gasteiger partial charge in [-0.3, -0.25) is 15.2 Å². The van der Waals surface area contributed by atoms with Crippen molar-refractivity contribution >= 4 is 5.91 Å². The predicted molar refractivity (Wildman–Crippen MR) is 75.1 cm³/mol. The summed E-state index contributed by atoms with van der Waals surface area (Å²) in [6, 6.07) is 3.97. The van der Waals surface area contributed by atoms with Gasteiger partial charge in [0.2, 0.25) is 5.91 Å². The molecule has 1 heterocycles. The molecule has 4 heteroatoms. The van der Waals surface area contributed by atoms with E-state index >= 15 is 0 Å². The highest BCUT2D eigenvalue weighted by atomic mass is 16.2. The van der Waals surface area contributed by atoms with E-state index in [1.165, 1.54) is 6.42 Å². The number of carbonyl (C=O) groups excluding carboxylic acids is 1. The molecule has 19 heavy (non-hydrogen) atoms. The third kappa shape index (κ3) is 3.77. The van der Waals surface area contributed by atoms with Crippen molar-refractivity contribution in [3.05, 3.63) is 29.6 Å². The fraction of sp³-hybridized carbons (Fsp3) is 0.600. The van der Waals surface area contributed by atoms with Crippen molar-refractivity contribution < 1.29 is 4.79 Å². The van der Waals surface area contributed by atoms with Crippen molar-refractivity contribution in [3.8, 4) is 0 Å². The number of nitrogens with zero attached hydrogens (tertiary/aromatic N) is 1. The van der Waals surface area contributed by atoms with Crippen LogP contribution in [-0.4, -0.2) is 10.9 Å². The molecule has 4 nitrogen and oxygen atoms in total. The molecule has 1 aromatic rings. The number of hydrogen-bond donors (Lipinski definition) is 2. The highest BCUT2D eigenvalue weighted by molar-refractivity contribution is 5.81. The van der Waals surface area contributed by atoms with Crippen LogP contribution in [0.15, 0.2) is 18.3 Å². The van der Waals surface area contributed by atoms with Crippen molar-refractivity contribution in [1.29, 1.82) is 0 Å². The van der Waals surface area contributed by atoms with E-state index in [1.807, 2.05) is 19.1 Å². The van der Waals surface area contributed by atoms with Gasteiger partial charge in [0.05, 0.1) is 0 Å². The van der Waals surface area contributed by atoms with Crippen molar-refractivity contribution in [2.24, 2.45) is 5.41 Å². The Bertz CT molecular complexity index is 439. The molecule has 0 unspecified atom stereocenters. The first kappa shape index (κ1) is 14.0. The average molecular weight is 261 g/mol. The summed E-state index contributed by atoms with van der Waals surface area (Å²) >= 11 is 0. The molecule has 0 spiro atoms. The van der Waals surface area contributed by atoms with Crippen LogP contribution < -0.4 is 10.9 Å². The van der Waals surface area contributed by atoms with Gasteiger partial charge in [-0.05, 0) is 37.5 Å². The number of carbonyl (C=O) groups is 1. The van der Waals surface area contributed by atoms with Crippen molar-refractivity contribution in [1.82, 2.24) is 15.8 Å². The second kappa shape index (κ2) is 6.15. The largest absolute Gasteiger partial charge is 0.291 e. The second-order valence-electron chi connectivity index (χ2n) is 5.73. The summed E-state index contributed by atoms with van der Waals surface area (Å²) in [5.41, 5.74) is 7.80. The number of hydrazine groups is 1. The smallest absolute Gasteiger partial charge is 0.240 e. The SMILES string of the molecule is Cc1cc(CNNC(=O)C2(C)CCCCC2)ccn1. The lowest BCUT2D eigenvalue weighted by Crippen LogP contribution is -2.46. The van der Waals surface area contributed by atoms with Gasteiger partial charge in [0, 0.05) is 23.9 Å². The molecule has 0 bridgehead atoms. The lowest BCUT2D eigenvalue weighted by atomic mass is 9.75. The Morgan fingerprint density at radius 1 is 1.37 bits per heavy atom. The third-order valence-corrected chi connectivity index (χ3v) is 3.96. The van der Waals surface area contributed by atoms with Crippen molar-refractivity contribution in [3.63, 3.8) is 0 Å². The average Bonchev–Trinajstić information content (AvgIpc) is 2.39. The molecule has 0 radical (unpaired) electrons. The molecular formula is C15H23N3O. The minimum atomic E-state index is -0.195. The third-order valence-electron chi connectivity index (χ3n) is 3.96. The van der Waals surface area contributed by atoms with Crippen LogP contribution in [0, 0.1) is 12.3 Å². The van der Waals surface area contributed by atoms with Gasteiger partial charge in [0.1, 0.15) is 0 Å². The molecule has 0 aliphatic heterocycles. The van der Waals surface area contributed by atoms with Gasteiger partial charge in [-0.1, -0.05) is 26.2 Å². The maximum Gasteiger partial charge on any atom is 0.240 e. The van der Waals surface area contributed by atoms with Crippen LogP contribution in [0.1, 0.15) is 50.3 Å². The van der Waals surface area contributed by atoms with E-state index in [1.54, 1.807) is 6.20 Å². The zero-order valence-corrected chi connectivity index (χ0v) is 11.8. The second-order valence-corrected chi connectivity index (χ2v) is 5.73. The molecule has 0 aromatic carbocycles. The first-order valence-corrected chi connectivity index (χ1v) is 7.05. The molecule has 0 saturated heterocycles. The zero-order chi connectivity index (χ0) is 13.7. The van der Waals surface area contributed by atoms with Gasteiger partial charge in [0.25, 0.3) is 0 Å². The van der Waals surface area contributed by atoms with E-state index in [0.29, 0.717) is 6.54 Å². The summed E-state index contributed by atoms with van der Waals surface area (Å²) in [5, 5.41) is 0. The van der Waals surface area contributed by atoms with Crippen LogP contribution in [0.2, 0.25) is 0 Å². The molecule has 1 saturated carbocycles. The first-order chi connectivity index (χ1) is 9.10. The molecule has 2 rings (SSSR count). The number of hydrogen-bond acceptors (Lipinski definition) is 3. The monoisotopic (exact) mass is 261 g/mol. The van der Waals surface area contributed by atoms with E-state index in [9.17, 15) is 4.79 Å². The van der Waals surface area contributed by atoms with Gasteiger partial charge in [0.15, 0.2) is 0 Å². The summed E-state index contributed by atoms with van der Waals surface area (Å²) in [6.07, 6.45) is 7.36. The van der Waals surface area contributed by atoms with Crippen LogP contribution in [0.3, 0.4) is 0 Å². The Balaban J connectivity index is 1.80. The maximum atomic E-state index is 12.2. The Morgan fingerprint density at radius 2 is 2.11 bits per heavy atom. The normalized spacial score (nSPS) is 18.0. The van der Waals surface area contributed by atoms with Gasteiger partial charge in [-0.15, -0.1) is 0 Å². The standard InChI is InChI=1S/C15H23N3O/c1-12-10-13(6-9-16-12)11-17-18-14(19)15(2)7-4-3-5-8-15/h6,9-10,17H,3-5,7-8,11H2,1-2H3,(H,18,19). The molecule has 1 aromatic heterocycles. The highest BCUT2D eigenvalue weighted by Crippen LogP contribution is 2.35. The summed E-state index contributed by atoms with van der Waals surface area (Å²) < 4.78 is 0. The number of nitrogens with one attached hydrogen (secondary N) is 2. The number of aromatic nitrogens is 1. The van der Waals surface area contributed by atoms with Crippen LogP contribution in [-0.2, 0) is 11.3 Å². The van der Waals surface area contributed by atoms with E-state index < -0.39 is 0 Å². The number of amides is 1. The van der Waals surface area contributed by atoms with Crippen LogP contribution in [0.25, 0.3) is 0 Å². The Labute approximate surface area is 115 Å². The van der Waals surface area contributed by atoms with E-state index in [0.717, 1.165) is 36.9 Å². The Hall–Kier alpha value is -1.42. The number of pyridine rings is 1. The van der Waals surface area contributed by atoms with Gasteiger partial charge in [-0.25, -0.2) is 5.43 Å². The summed E-state index contributed by atoms with van der Waals surface area (Å²) in [4.78, 5) is 16.3. The number of rotatable bonds is 4. The first-order valence-electron chi connectivity index (χ1n) is 7.05. The minimum absolute atomic E-state index is 0.123. The summed E-state index contributed by atoms with van der Waals surface area (Å²) in [7, 11) is 0. The molecular weight excluding hydrogens is 238 g/mol. The Kier molecular flexibility index (Phi) is 4.53. The zero-order valence-electron chi connectivity index (χ0n) is 11.8. The van der Waals surface area contributed by atoms with E-state index in [2.05, 4.69) is 22.8 Å². The van der Waals surface area contributed by atoms with Crippen LogP contribution >= 0.6 is 0 Å². The van der Waals surface area contributed by atoms with Crippen molar-refractivity contribution in [2.75, 3.05) is 0 Å². The topological polar surface area (TPSA) is 54.0 Å². The number of aryl methyl sites for hydroxylation is 1. The van der Waals surface area contributed by atoms with Gasteiger partial charge in [-0.2, -0.15) is 0 Å². The fourth-order valence-electron chi connectivity index (χ4n) is 2.65. The lowest BCUT2D eigenvalue weighted by molar-refractivity contribution is -0.133. The maximum absolute atomic E-state index is 12.2. The minimum Gasteiger partial charge on any atom is -0.291 e.